The lowest BCUT2D eigenvalue weighted by atomic mass is 10.1. The number of hydrogen-bond acceptors (Lipinski definition) is 5. The number of carbonyl (C=O) groups is 3. The lowest BCUT2D eigenvalue weighted by Crippen LogP contribution is -2.35. The molecule has 0 bridgehead atoms. The van der Waals surface area contributed by atoms with Crippen molar-refractivity contribution in [1.29, 1.82) is 0 Å². The van der Waals surface area contributed by atoms with E-state index in [1.807, 2.05) is 13.0 Å². The number of carbonyl (C=O) groups excluding carboxylic acids is 3. The number of furan rings is 1. The van der Waals surface area contributed by atoms with Crippen LogP contribution in [0.1, 0.15) is 21.7 Å². The molecule has 0 unspecified atom stereocenters. The molecule has 0 radical (unpaired) electrons. The predicted molar refractivity (Wildman–Crippen MR) is 108 cm³/mol. The summed E-state index contributed by atoms with van der Waals surface area (Å²) in [4.78, 5) is 36.2. The van der Waals surface area contributed by atoms with E-state index in [1.165, 1.54) is 23.2 Å². The van der Waals surface area contributed by atoms with Gasteiger partial charge in [0.05, 0.1) is 11.7 Å². The molecule has 1 aliphatic heterocycles. The van der Waals surface area contributed by atoms with Gasteiger partial charge >= 0.3 is 0 Å². The molecule has 0 aliphatic carbocycles. The number of hydrogen-bond donors (Lipinski definition) is 1. The molecule has 0 atom stereocenters. The summed E-state index contributed by atoms with van der Waals surface area (Å²) in [6.07, 6.45) is 1.34. The van der Waals surface area contributed by atoms with Crippen molar-refractivity contribution < 1.29 is 23.9 Å². The molecular weight excluding hydrogens is 408 g/mol. The highest BCUT2D eigenvalue weighted by Gasteiger charge is 2.34. The van der Waals surface area contributed by atoms with E-state index < -0.39 is 17.8 Å². The van der Waals surface area contributed by atoms with E-state index >= 15 is 0 Å². The van der Waals surface area contributed by atoms with Crippen LogP contribution in [0.3, 0.4) is 0 Å². The Morgan fingerprint density at radius 1 is 1.13 bits per heavy atom. The molecular formula is C22H14ClN2O5-. The molecule has 1 N–H and O–H groups in total. The van der Waals surface area contributed by atoms with Crippen molar-refractivity contribution in [3.05, 3.63) is 82.1 Å². The molecule has 2 amide bonds. The standard InChI is InChI=1S/C22H15ClN2O5/c1-12-3-2-4-14(9-12)25-21(27)17(20(26)24-25)11-15-6-8-19(30-15)13-5-7-18(23)16(10-13)22(28)29/h2-11H,1H3,(H,24,26)(H,28,29)/p-1/b17-11-. The van der Waals surface area contributed by atoms with Gasteiger partial charge in [-0.25, -0.2) is 5.01 Å². The third-order valence-corrected chi connectivity index (χ3v) is 4.87. The van der Waals surface area contributed by atoms with Crippen LogP contribution in [0.15, 0.2) is 64.6 Å². The molecule has 4 rings (SSSR count). The first-order chi connectivity index (χ1) is 14.3. The fraction of sp³-hybridized carbons (Fsp3) is 0.0455. The number of halogens is 1. The van der Waals surface area contributed by atoms with Crippen molar-refractivity contribution in [2.24, 2.45) is 0 Å². The molecule has 1 saturated heterocycles. The number of rotatable bonds is 4. The zero-order valence-corrected chi connectivity index (χ0v) is 16.4. The van der Waals surface area contributed by atoms with Gasteiger partial charge in [-0.1, -0.05) is 23.7 Å². The van der Waals surface area contributed by atoms with Crippen LogP contribution in [0.5, 0.6) is 0 Å². The Kier molecular flexibility index (Phi) is 4.89. The first-order valence-corrected chi connectivity index (χ1v) is 9.26. The molecule has 7 nitrogen and oxygen atoms in total. The van der Waals surface area contributed by atoms with Gasteiger partial charge in [0.25, 0.3) is 11.8 Å². The summed E-state index contributed by atoms with van der Waals surface area (Å²) in [6, 6.07) is 14.7. The van der Waals surface area contributed by atoms with Crippen molar-refractivity contribution in [2.75, 3.05) is 5.01 Å². The summed E-state index contributed by atoms with van der Waals surface area (Å²) >= 11 is 5.86. The molecule has 0 spiro atoms. The van der Waals surface area contributed by atoms with Crippen LogP contribution in [0.4, 0.5) is 5.69 Å². The minimum atomic E-state index is -1.40. The SMILES string of the molecule is Cc1cccc(N2NC(=O)/C(=C/c3ccc(-c4ccc(Cl)c(C(=O)[O-])c4)o3)C2=O)c1. The fourth-order valence-electron chi connectivity index (χ4n) is 3.07. The lowest BCUT2D eigenvalue weighted by molar-refractivity contribution is -0.255. The molecule has 0 saturated carbocycles. The average molecular weight is 422 g/mol. The molecule has 1 aliphatic rings. The topological polar surface area (TPSA) is 103 Å². The summed E-state index contributed by atoms with van der Waals surface area (Å²) in [6.45, 7) is 1.88. The summed E-state index contributed by atoms with van der Waals surface area (Å²) in [5, 5.41) is 12.4. The Bertz CT molecular complexity index is 1230. The number of aromatic carboxylic acids is 1. The number of carboxylic acids is 1. The van der Waals surface area contributed by atoms with Crippen molar-refractivity contribution >= 4 is 41.1 Å². The minimum Gasteiger partial charge on any atom is -0.545 e. The van der Waals surface area contributed by atoms with Gasteiger partial charge in [0, 0.05) is 16.1 Å². The Labute approximate surface area is 176 Å². The van der Waals surface area contributed by atoms with Gasteiger partial charge in [-0.2, -0.15) is 0 Å². The van der Waals surface area contributed by atoms with Gasteiger partial charge in [-0.15, -0.1) is 0 Å². The second kappa shape index (κ2) is 7.53. The van der Waals surface area contributed by atoms with Crippen LogP contribution < -0.4 is 15.5 Å². The molecule has 8 heteroatoms. The average Bonchev–Trinajstić information content (AvgIpc) is 3.28. The molecule has 150 valence electrons. The first-order valence-electron chi connectivity index (χ1n) is 8.88. The zero-order valence-electron chi connectivity index (χ0n) is 15.6. The van der Waals surface area contributed by atoms with E-state index in [-0.39, 0.29) is 21.9 Å². The van der Waals surface area contributed by atoms with Crippen LogP contribution in [0.2, 0.25) is 5.02 Å². The Morgan fingerprint density at radius 3 is 2.67 bits per heavy atom. The quantitative estimate of drug-likeness (QED) is 0.515. The largest absolute Gasteiger partial charge is 0.545 e. The highest BCUT2D eigenvalue weighted by molar-refractivity contribution is 6.33. The molecule has 2 heterocycles. The maximum absolute atomic E-state index is 12.7. The number of anilines is 1. The lowest BCUT2D eigenvalue weighted by Gasteiger charge is -2.14. The maximum atomic E-state index is 12.7. The summed E-state index contributed by atoms with van der Waals surface area (Å²) in [7, 11) is 0. The normalized spacial score (nSPS) is 15.0. The number of nitrogens with one attached hydrogen (secondary N) is 1. The van der Waals surface area contributed by atoms with E-state index in [2.05, 4.69) is 5.43 Å². The van der Waals surface area contributed by atoms with Crippen molar-refractivity contribution in [3.8, 4) is 11.3 Å². The van der Waals surface area contributed by atoms with Gasteiger partial charge in [0.15, 0.2) is 0 Å². The third-order valence-electron chi connectivity index (χ3n) is 4.54. The number of benzene rings is 2. The number of amides is 2. The third kappa shape index (κ3) is 3.58. The molecule has 1 fully saturated rings. The summed E-state index contributed by atoms with van der Waals surface area (Å²) in [5.41, 5.74) is 4.25. The van der Waals surface area contributed by atoms with Crippen molar-refractivity contribution in [1.82, 2.24) is 5.43 Å². The van der Waals surface area contributed by atoms with E-state index in [9.17, 15) is 19.5 Å². The van der Waals surface area contributed by atoms with Crippen molar-refractivity contribution in [3.63, 3.8) is 0 Å². The predicted octanol–water partition coefficient (Wildman–Crippen LogP) is 2.73. The van der Waals surface area contributed by atoms with Crippen LogP contribution >= 0.6 is 11.6 Å². The Morgan fingerprint density at radius 2 is 1.93 bits per heavy atom. The second-order valence-corrected chi connectivity index (χ2v) is 7.07. The first kappa shape index (κ1) is 19.5. The van der Waals surface area contributed by atoms with Crippen LogP contribution in [-0.2, 0) is 9.59 Å². The number of aryl methyl sites for hydroxylation is 1. The van der Waals surface area contributed by atoms with Gasteiger partial charge in [0.1, 0.15) is 17.1 Å². The monoisotopic (exact) mass is 421 g/mol. The van der Waals surface area contributed by atoms with Gasteiger partial charge in [0.2, 0.25) is 0 Å². The van der Waals surface area contributed by atoms with Crippen LogP contribution in [0.25, 0.3) is 17.4 Å². The van der Waals surface area contributed by atoms with E-state index in [4.69, 9.17) is 16.0 Å². The zero-order chi connectivity index (χ0) is 21.4. The maximum Gasteiger partial charge on any atom is 0.282 e. The van der Waals surface area contributed by atoms with E-state index in [0.29, 0.717) is 17.0 Å². The van der Waals surface area contributed by atoms with Gasteiger partial charge in [-0.3, -0.25) is 15.0 Å². The number of nitrogens with zero attached hydrogens (tertiary/aromatic N) is 1. The number of carboxylic acid groups (broad SMARTS) is 1. The Balaban J connectivity index is 1.63. The molecule has 1 aromatic heterocycles. The van der Waals surface area contributed by atoms with Gasteiger partial charge in [-0.05, 0) is 61.0 Å². The van der Waals surface area contributed by atoms with Crippen LogP contribution in [0, 0.1) is 6.92 Å². The van der Waals surface area contributed by atoms with Gasteiger partial charge < -0.3 is 14.3 Å². The number of hydrazine groups is 1. The summed E-state index contributed by atoms with van der Waals surface area (Å²) < 4.78 is 5.68. The fourth-order valence-corrected chi connectivity index (χ4v) is 3.26. The highest BCUT2D eigenvalue weighted by atomic mass is 35.5. The second-order valence-electron chi connectivity index (χ2n) is 6.66. The van der Waals surface area contributed by atoms with Crippen molar-refractivity contribution in [2.45, 2.75) is 6.92 Å². The molecule has 2 aromatic carbocycles. The summed E-state index contributed by atoms with van der Waals surface area (Å²) in [5.74, 6) is -1.85. The molecule has 3 aromatic rings. The van der Waals surface area contributed by atoms with Crippen LogP contribution in [-0.4, -0.2) is 17.8 Å². The molecule has 30 heavy (non-hydrogen) atoms. The Hall–Kier alpha value is -3.84. The minimum absolute atomic E-state index is 0.0529. The van der Waals surface area contributed by atoms with E-state index in [0.717, 1.165) is 5.56 Å². The van der Waals surface area contributed by atoms with E-state index in [1.54, 1.807) is 36.4 Å². The highest BCUT2D eigenvalue weighted by Crippen LogP contribution is 2.28. The smallest absolute Gasteiger partial charge is 0.282 e.